The van der Waals surface area contributed by atoms with Crippen molar-refractivity contribution in [2.75, 3.05) is 0 Å². The fourth-order valence-corrected chi connectivity index (χ4v) is 4.51. The number of aromatic nitrogens is 2. The van der Waals surface area contributed by atoms with Gasteiger partial charge in [0.1, 0.15) is 22.5 Å². The average Bonchev–Trinajstić information content (AvgIpc) is 3.28. The summed E-state index contributed by atoms with van der Waals surface area (Å²) in [5.74, 6) is 0.381. The second-order valence-electron chi connectivity index (χ2n) is 7.53. The molecule has 3 heterocycles. The second kappa shape index (κ2) is 8.34. The van der Waals surface area contributed by atoms with E-state index in [-0.39, 0.29) is 11.5 Å². The summed E-state index contributed by atoms with van der Waals surface area (Å²) in [7, 11) is 0. The van der Waals surface area contributed by atoms with Crippen LogP contribution in [0.3, 0.4) is 0 Å². The fourth-order valence-electron chi connectivity index (χ4n) is 3.77. The molecule has 0 aliphatic heterocycles. The first-order valence-corrected chi connectivity index (χ1v) is 10.9. The molecule has 0 unspecified atom stereocenters. The van der Waals surface area contributed by atoms with E-state index >= 15 is 0 Å². The van der Waals surface area contributed by atoms with E-state index in [0.29, 0.717) is 24.1 Å². The van der Waals surface area contributed by atoms with E-state index in [1.165, 1.54) is 4.88 Å². The van der Waals surface area contributed by atoms with Crippen LogP contribution in [0.4, 0.5) is 0 Å². The summed E-state index contributed by atoms with van der Waals surface area (Å²) in [6, 6.07) is 23.0. The topological polar surface area (TPSA) is 69.5 Å². The number of nitrogens with zero attached hydrogens (tertiary/aromatic N) is 3. The maximum absolute atomic E-state index is 10.2. The molecule has 0 bridgehead atoms. The molecule has 154 valence electrons. The van der Waals surface area contributed by atoms with Crippen molar-refractivity contribution in [1.82, 2.24) is 14.9 Å². The molecule has 0 aliphatic carbocycles. The third kappa shape index (κ3) is 4.21. The number of para-hydroxylation sites is 2. The van der Waals surface area contributed by atoms with Gasteiger partial charge in [0.05, 0.1) is 11.4 Å². The zero-order valence-electron chi connectivity index (χ0n) is 16.8. The SMILES string of the molecule is Oc1cccc2ccc(CN(Cc3ccc4cccc(O)c4n3)Cc3cccs3)nc12. The van der Waals surface area contributed by atoms with Gasteiger partial charge in [-0.15, -0.1) is 11.3 Å². The maximum atomic E-state index is 10.2. The minimum atomic E-state index is 0.191. The summed E-state index contributed by atoms with van der Waals surface area (Å²) in [4.78, 5) is 12.9. The normalized spacial score (nSPS) is 11.5. The highest BCUT2D eigenvalue weighted by atomic mass is 32.1. The van der Waals surface area contributed by atoms with Gasteiger partial charge in [0.2, 0.25) is 0 Å². The fraction of sp³-hybridized carbons (Fsp3) is 0.120. The zero-order valence-corrected chi connectivity index (χ0v) is 17.6. The Morgan fingerprint density at radius 2 is 1.23 bits per heavy atom. The molecule has 6 heteroatoms. The van der Waals surface area contributed by atoms with E-state index in [9.17, 15) is 10.2 Å². The average molecular weight is 428 g/mol. The number of fused-ring (bicyclic) bond motifs is 2. The first kappa shape index (κ1) is 19.5. The van der Waals surface area contributed by atoms with Crippen LogP contribution in [-0.2, 0) is 19.6 Å². The summed E-state index contributed by atoms with van der Waals surface area (Å²) in [6.45, 7) is 1.99. The van der Waals surface area contributed by atoms with E-state index in [4.69, 9.17) is 9.97 Å². The molecule has 5 nitrogen and oxygen atoms in total. The molecule has 31 heavy (non-hydrogen) atoms. The Bertz CT molecular complexity index is 1260. The summed E-state index contributed by atoms with van der Waals surface area (Å²) < 4.78 is 0. The number of thiophene rings is 1. The molecule has 0 radical (unpaired) electrons. The molecule has 2 aromatic carbocycles. The highest BCUT2D eigenvalue weighted by Gasteiger charge is 2.13. The van der Waals surface area contributed by atoms with Crippen LogP contribution >= 0.6 is 11.3 Å². The van der Waals surface area contributed by atoms with Gasteiger partial charge in [0.15, 0.2) is 0 Å². The van der Waals surface area contributed by atoms with E-state index in [2.05, 4.69) is 22.4 Å². The predicted octanol–water partition coefficient (Wildman–Crippen LogP) is 5.46. The summed E-state index contributed by atoms with van der Waals surface area (Å²) in [6.07, 6.45) is 0. The van der Waals surface area contributed by atoms with Crippen molar-refractivity contribution in [1.29, 1.82) is 0 Å². The molecule has 2 N–H and O–H groups in total. The van der Waals surface area contributed by atoms with Crippen molar-refractivity contribution in [2.45, 2.75) is 19.6 Å². The molecule has 0 fully saturated rings. The molecule has 0 saturated heterocycles. The third-order valence-electron chi connectivity index (χ3n) is 5.24. The lowest BCUT2D eigenvalue weighted by Crippen LogP contribution is -2.23. The Kier molecular flexibility index (Phi) is 5.24. The quantitative estimate of drug-likeness (QED) is 0.377. The molecule has 5 aromatic rings. The third-order valence-corrected chi connectivity index (χ3v) is 6.11. The molecule has 0 saturated carbocycles. The van der Waals surface area contributed by atoms with Crippen LogP contribution in [0.15, 0.2) is 78.2 Å². The van der Waals surface area contributed by atoms with Gasteiger partial charge in [-0.05, 0) is 35.7 Å². The van der Waals surface area contributed by atoms with Crippen molar-refractivity contribution in [3.8, 4) is 11.5 Å². The van der Waals surface area contributed by atoms with Gasteiger partial charge in [-0.25, -0.2) is 9.97 Å². The minimum Gasteiger partial charge on any atom is -0.506 e. The van der Waals surface area contributed by atoms with Gasteiger partial charge in [0, 0.05) is 35.3 Å². The smallest absolute Gasteiger partial charge is 0.141 e. The van der Waals surface area contributed by atoms with E-state index in [1.54, 1.807) is 23.5 Å². The maximum Gasteiger partial charge on any atom is 0.141 e. The summed E-state index contributed by atoms with van der Waals surface area (Å²) in [5, 5.41) is 24.3. The van der Waals surface area contributed by atoms with Crippen molar-refractivity contribution >= 4 is 33.1 Å². The largest absolute Gasteiger partial charge is 0.506 e. The first-order valence-electron chi connectivity index (χ1n) is 10.1. The monoisotopic (exact) mass is 427 g/mol. The van der Waals surface area contributed by atoms with Crippen LogP contribution in [0.5, 0.6) is 11.5 Å². The number of rotatable bonds is 6. The number of pyridine rings is 2. The van der Waals surface area contributed by atoms with E-state index < -0.39 is 0 Å². The highest BCUT2D eigenvalue weighted by molar-refractivity contribution is 7.09. The zero-order chi connectivity index (χ0) is 21.2. The van der Waals surface area contributed by atoms with Gasteiger partial charge >= 0.3 is 0 Å². The van der Waals surface area contributed by atoms with Crippen molar-refractivity contribution in [2.24, 2.45) is 0 Å². The van der Waals surface area contributed by atoms with Crippen molar-refractivity contribution in [3.05, 3.63) is 94.4 Å². The lowest BCUT2D eigenvalue weighted by atomic mass is 10.1. The van der Waals surface area contributed by atoms with Gasteiger partial charge < -0.3 is 10.2 Å². The lowest BCUT2D eigenvalue weighted by Gasteiger charge is -2.21. The molecular weight excluding hydrogens is 406 g/mol. The highest BCUT2D eigenvalue weighted by Crippen LogP contribution is 2.25. The molecule has 0 aliphatic rings. The number of phenols is 2. The Hall–Kier alpha value is -3.48. The standard InChI is InChI=1S/C25H21N3O2S/c29-22-7-1-4-17-9-11-19(26-24(17)22)14-28(16-21-6-3-13-31-21)15-20-12-10-18-5-2-8-23(30)25(18)27-20/h1-13,29-30H,14-16H2. The first-order chi connectivity index (χ1) is 15.2. The summed E-state index contributed by atoms with van der Waals surface area (Å²) >= 11 is 1.72. The second-order valence-corrected chi connectivity index (χ2v) is 8.56. The van der Waals surface area contributed by atoms with Crippen molar-refractivity contribution in [3.63, 3.8) is 0 Å². The molecule has 5 rings (SSSR count). The Labute approximate surface area is 183 Å². The lowest BCUT2D eigenvalue weighted by molar-refractivity contribution is 0.244. The Morgan fingerprint density at radius 3 is 1.74 bits per heavy atom. The number of aromatic hydroxyl groups is 2. The van der Waals surface area contributed by atoms with Gasteiger partial charge in [0.25, 0.3) is 0 Å². The predicted molar refractivity (Wildman–Crippen MR) is 124 cm³/mol. The molecule has 0 atom stereocenters. The molecule has 0 spiro atoms. The summed E-state index contributed by atoms with van der Waals surface area (Å²) in [5.41, 5.74) is 3.00. The van der Waals surface area contributed by atoms with Gasteiger partial charge in [-0.3, -0.25) is 4.90 Å². The van der Waals surface area contributed by atoms with Gasteiger partial charge in [-0.2, -0.15) is 0 Å². The van der Waals surface area contributed by atoms with Crippen LogP contribution in [0.25, 0.3) is 21.8 Å². The van der Waals surface area contributed by atoms with Crippen LogP contribution in [-0.4, -0.2) is 25.1 Å². The van der Waals surface area contributed by atoms with Crippen LogP contribution in [0.1, 0.15) is 16.3 Å². The van der Waals surface area contributed by atoms with Gasteiger partial charge in [-0.1, -0.05) is 42.5 Å². The van der Waals surface area contributed by atoms with Crippen LogP contribution < -0.4 is 0 Å². The molecule has 3 aromatic heterocycles. The molecular formula is C25H21N3O2S. The number of benzene rings is 2. The molecule has 0 amide bonds. The van der Waals surface area contributed by atoms with E-state index in [1.807, 2.05) is 48.5 Å². The Balaban J connectivity index is 1.46. The van der Waals surface area contributed by atoms with E-state index in [0.717, 1.165) is 28.7 Å². The number of hydrogen-bond donors (Lipinski definition) is 2. The number of phenolic OH excluding ortho intramolecular Hbond substituents is 2. The Morgan fingerprint density at radius 1 is 0.645 bits per heavy atom. The van der Waals surface area contributed by atoms with Crippen LogP contribution in [0.2, 0.25) is 0 Å². The number of hydrogen-bond acceptors (Lipinski definition) is 6. The van der Waals surface area contributed by atoms with Crippen LogP contribution in [0, 0.1) is 0 Å². The van der Waals surface area contributed by atoms with Crippen molar-refractivity contribution < 1.29 is 10.2 Å². The minimum absolute atomic E-state index is 0.191.